The molecule has 24 heavy (non-hydrogen) atoms. The summed E-state index contributed by atoms with van der Waals surface area (Å²) in [4.78, 5) is -0.661. The smallest absolute Gasteiger partial charge is 0.218 e. The Morgan fingerprint density at radius 3 is 2.54 bits per heavy atom. The van der Waals surface area contributed by atoms with Crippen molar-refractivity contribution in [2.75, 3.05) is 7.11 Å². The van der Waals surface area contributed by atoms with Crippen LogP contribution in [0.4, 0.5) is 0 Å². The van der Waals surface area contributed by atoms with Crippen LogP contribution in [0, 0.1) is 18.3 Å². The van der Waals surface area contributed by atoms with Gasteiger partial charge >= 0.3 is 0 Å². The molecule has 2 aromatic carbocycles. The van der Waals surface area contributed by atoms with Crippen LogP contribution < -0.4 is 4.74 Å². The molecule has 0 saturated heterocycles. The Kier molecular flexibility index (Phi) is 5.55. The lowest BCUT2D eigenvalue weighted by molar-refractivity contribution is 0.413. The molecule has 0 fully saturated rings. The zero-order chi connectivity index (χ0) is 17.9. The number of methoxy groups -OCH3 is 1. The monoisotopic (exact) mass is 381 g/mol. The number of halogens is 2. The molecule has 0 amide bonds. The number of benzene rings is 2. The Balaban J connectivity index is 2.66. The predicted octanol–water partition coefficient (Wildman–Crippen LogP) is 4.65. The van der Waals surface area contributed by atoms with Crippen molar-refractivity contribution in [2.24, 2.45) is 0 Å². The SMILES string of the molecule is COc1ccc(C)cc1/C=C(\C#N)S(=O)(=O)c1cc(Cl)ccc1Cl. The number of nitriles is 1. The number of hydrogen-bond donors (Lipinski definition) is 0. The lowest BCUT2D eigenvalue weighted by Gasteiger charge is -2.08. The average molecular weight is 382 g/mol. The largest absolute Gasteiger partial charge is 0.496 e. The molecule has 0 aromatic heterocycles. The fourth-order valence-electron chi connectivity index (χ4n) is 2.08. The second-order valence-corrected chi connectivity index (χ2v) is 7.67. The predicted molar refractivity (Wildman–Crippen MR) is 95.0 cm³/mol. The number of hydrogen-bond acceptors (Lipinski definition) is 4. The summed E-state index contributed by atoms with van der Waals surface area (Å²) in [5.41, 5.74) is 1.38. The van der Waals surface area contributed by atoms with Crippen LogP contribution in [0.2, 0.25) is 10.0 Å². The molecule has 2 rings (SSSR count). The second-order valence-electron chi connectivity index (χ2n) is 4.94. The molecule has 0 heterocycles. The van der Waals surface area contributed by atoms with E-state index < -0.39 is 14.7 Å². The van der Waals surface area contributed by atoms with E-state index in [1.165, 1.54) is 31.4 Å². The molecule has 0 N–H and O–H groups in total. The van der Waals surface area contributed by atoms with Crippen molar-refractivity contribution in [3.8, 4) is 11.8 Å². The molecule has 4 nitrogen and oxygen atoms in total. The molecule has 0 saturated carbocycles. The molecule has 0 aliphatic carbocycles. The van der Waals surface area contributed by atoms with Crippen molar-refractivity contribution in [3.05, 3.63) is 62.5 Å². The summed E-state index contributed by atoms with van der Waals surface area (Å²) in [5, 5.41) is 9.57. The van der Waals surface area contributed by atoms with Gasteiger partial charge in [-0.3, -0.25) is 0 Å². The van der Waals surface area contributed by atoms with Crippen molar-refractivity contribution in [1.29, 1.82) is 5.26 Å². The van der Waals surface area contributed by atoms with Crippen molar-refractivity contribution < 1.29 is 13.2 Å². The third-order valence-electron chi connectivity index (χ3n) is 3.25. The molecule has 0 spiro atoms. The number of sulfone groups is 1. The zero-order valence-electron chi connectivity index (χ0n) is 12.9. The van der Waals surface area contributed by atoms with E-state index in [-0.39, 0.29) is 14.9 Å². The van der Waals surface area contributed by atoms with Crippen molar-refractivity contribution >= 4 is 39.1 Å². The van der Waals surface area contributed by atoms with Crippen LogP contribution in [0.25, 0.3) is 6.08 Å². The van der Waals surface area contributed by atoms with E-state index in [0.29, 0.717) is 11.3 Å². The van der Waals surface area contributed by atoms with Gasteiger partial charge < -0.3 is 4.74 Å². The van der Waals surface area contributed by atoms with E-state index in [0.717, 1.165) is 5.56 Å². The summed E-state index contributed by atoms with van der Waals surface area (Å²) in [7, 11) is -2.64. The Bertz CT molecular complexity index is 960. The van der Waals surface area contributed by atoms with Crippen LogP contribution >= 0.6 is 23.2 Å². The van der Waals surface area contributed by atoms with Crippen LogP contribution in [0.1, 0.15) is 11.1 Å². The third kappa shape index (κ3) is 3.73. The lowest BCUT2D eigenvalue weighted by atomic mass is 10.1. The van der Waals surface area contributed by atoms with Crippen LogP contribution in [0.5, 0.6) is 5.75 Å². The average Bonchev–Trinajstić information content (AvgIpc) is 2.54. The lowest BCUT2D eigenvalue weighted by Crippen LogP contribution is -2.05. The first kappa shape index (κ1) is 18.3. The zero-order valence-corrected chi connectivity index (χ0v) is 15.2. The fraction of sp³-hybridized carbons (Fsp3) is 0.118. The molecule has 2 aromatic rings. The van der Waals surface area contributed by atoms with Crippen LogP contribution in [-0.2, 0) is 9.84 Å². The van der Waals surface area contributed by atoms with Gasteiger partial charge in [0.2, 0.25) is 9.84 Å². The summed E-state index contributed by atoms with van der Waals surface area (Å²) in [6, 6.07) is 11.0. The van der Waals surface area contributed by atoms with Crippen LogP contribution in [0.3, 0.4) is 0 Å². The van der Waals surface area contributed by atoms with E-state index in [4.69, 9.17) is 27.9 Å². The third-order valence-corrected chi connectivity index (χ3v) is 5.64. The molecule has 0 unspecified atom stereocenters. The maximum Gasteiger partial charge on any atom is 0.218 e. The van der Waals surface area contributed by atoms with Crippen molar-refractivity contribution in [2.45, 2.75) is 11.8 Å². The van der Waals surface area contributed by atoms with E-state index in [2.05, 4.69) is 0 Å². The summed E-state index contributed by atoms with van der Waals surface area (Å²) in [5.74, 6) is 0.459. The quantitative estimate of drug-likeness (QED) is 0.722. The molecule has 0 radical (unpaired) electrons. The normalized spacial score (nSPS) is 11.9. The molecule has 0 atom stereocenters. The minimum Gasteiger partial charge on any atom is -0.496 e. The molecular formula is C17H13Cl2NO3S. The van der Waals surface area contributed by atoms with Crippen LogP contribution in [0.15, 0.2) is 46.2 Å². The van der Waals surface area contributed by atoms with Gasteiger partial charge in [0, 0.05) is 10.6 Å². The van der Waals surface area contributed by atoms with Gasteiger partial charge in [0.15, 0.2) is 0 Å². The first-order valence-corrected chi connectivity index (χ1v) is 9.00. The van der Waals surface area contributed by atoms with E-state index in [1.54, 1.807) is 18.2 Å². The van der Waals surface area contributed by atoms with Gasteiger partial charge in [-0.05, 0) is 43.3 Å². The van der Waals surface area contributed by atoms with Gasteiger partial charge in [0.25, 0.3) is 0 Å². The number of allylic oxidation sites excluding steroid dienone is 1. The van der Waals surface area contributed by atoms with Gasteiger partial charge in [0.05, 0.1) is 17.0 Å². The Labute approximate surface area is 150 Å². The highest BCUT2D eigenvalue weighted by atomic mass is 35.5. The Morgan fingerprint density at radius 2 is 1.92 bits per heavy atom. The molecule has 0 aliphatic rings. The van der Waals surface area contributed by atoms with Gasteiger partial charge in [-0.15, -0.1) is 0 Å². The van der Waals surface area contributed by atoms with Gasteiger partial charge in [-0.2, -0.15) is 5.26 Å². The first-order valence-electron chi connectivity index (χ1n) is 6.76. The highest BCUT2D eigenvalue weighted by Crippen LogP contribution is 2.31. The number of nitrogens with zero attached hydrogens (tertiary/aromatic N) is 1. The summed E-state index contributed by atoms with van der Waals surface area (Å²) >= 11 is 11.8. The topological polar surface area (TPSA) is 67.2 Å². The van der Waals surface area contributed by atoms with Crippen molar-refractivity contribution in [1.82, 2.24) is 0 Å². The maximum absolute atomic E-state index is 12.8. The molecule has 0 aliphatic heterocycles. The molecule has 0 bridgehead atoms. The van der Waals surface area contributed by atoms with Gasteiger partial charge in [-0.1, -0.05) is 34.8 Å². The summed E-state index contributed by atoms with van der Waals surface area (Å²) < 4.78 is 30.7. The minimum absolute atomic E-state index is 0.00300. The van der Waals surface area contributed by atoms with Gasteiger partial charge in [0.1, 0.15) is 16.7 Å². The first-order chi connectivity index (χ1) is 11.3. The Hall–Kier alpha value is -2.00. The van der Waals surface area contributed by atoms with Gasteiger partial charge in [-0.25, -0.2) is 8.42 Å². The number of aryl methyl sites for hydroxylation is 1. The van der Waals surface area contributed by atoms with E-state index in [1.807, 2.05) is 13.0 Å². The number of rotatable bonds is 4. The van der Waals surface area contributed by atoms with Crippen molar-refractivity contribution in [3.63, 3.8) is 0 Å². The second kappa shape index (κ2) is 7.27. The number of ether oxygens (including phenoxy) is 1. The van der Waals surface area contributed by atoms with Crippen LogP contribution in [-0.4, -0.2) is 15.5 Å². The van der Waals surface area contributed by atoms with E-state index >= 15 is 0 Å². The maximum atomic E-state index is 12.8. The highest BCUT2D eigenvalue weighted by Gasteiger charge is 2.24. The minimum atomic E-state index is -4.11. The standard InChI is InChI=1S/C17H13Cl2NO3S/c1-11-3-6-16(23-2)12(7-11)8-14(10-20)24(21,22)17-9-13(18)4-5-15(17)19/h3-9H,1-2H3/b14-8+. The highest BCUT2D eigenvalue weighted by molar-refractivity contribution is 7.95. The summed E-state index contributed by atoms with van der Waals surface area (Å²) in [6.07, 6.45) is 1.26. The Morgan fingerprint density at radius 1 is 1.21 bits per heavy atom. The van der Waals surface area contributed by atoms with E-state index in [9.17, 15) is 13.7 Å². The molecular weight excluding hydrogens is 369 g/mol. The molecule has 124 valence electrons. The molecule has 7 heteroatoms. The fourth-order valence-corrected chi connectivity index (χ4v) is 3.98. The summed E-state index contributed by atoms with van der Waals surface area (Å²) in [6.45, 7) is 1.85.